The molecule has 23 heavy (non-hydrogen) atoms. The van der Waals surface area contributed by atoms with Crippen LogP contribution in [-0.4, -0.2) is 29.6 Å². The minimum Gasteiger partial charge on any atom is -0.393 e. The lowest BCUT2D eigenvalue weighted by atomic mass is 9.87. The average Bonchev–Trinajstić information content (AvgIpc) is 2.38. The predicted octanol–water partition coefficient (Wildman–Crippen LogP) is 2.46. The molecule has 128 valence electrons. The van der Waals surface area contributed by atoms with Crippen LogP contribution in [-0.2, 0) is 9.59 Å². The van der Waals surface area contributed by atoms with Crippen molar-refractivity contribution in [1.82, 2.24) is 5.32 Å². The zero-order valence-electron chi connectivity index (χ0n) is 14.9. The number of aryl methyl sites for hydroxylation is 3. The van der Waals surface area contributed by atoms with Crippen LogP contribution < -0.4 is 10.6 Å². The second-order valence-electron chi connectivity index (χ2n) is 7.13. The Hall–Kier alpha value is -1.88. The quantitative estimate of drug-likeness (QED) is 0.729. The first kappa shape index (κ1) is 19.2. The number of anilines is 1. The van der Waals surface area contributed by atoms with E-state index in [1.54, 1.807) is 6.92 Å². The third-order valence-corrected chi connectivity index (χ3v) is 3.70. The lowest BCUT2D eigenvalue weighted by molar-refractivity contribution is -0.136. The van der Waals surface area contributed by atoms with Crippen LogP contribution >= 0.6 is 0 Å². The summed E-state index contributed by atoms with van der Waals surface area (Å²) in [4.78, 5) is 24.1. The summed E-state index contributed by atoms with van der Waals surface area (Å²) in [5.41, 5.74) is 3.37. The minimum atomic E-state index is -0.673. The number of carbonyl (C=O) groups is 2. The summed E-state index contributed by atoms with van der Waals surface area (Å²) in [6.07, 6.45) is 0.0963. The highest BCUT2D eigenvalue weighted by atomic mass is 16.3. The van der Waals surface area contributed by atoms with Gasteiger partial charge in [0, 0.05) is 12.2 Å². The number of aliphatic hydroxyl groups is 1. The molecule has 0 spiro atoms. The highest BCUT2D eigenvalue weighted by molar-refractivity contribution is 6.39. The van der Waals surface area contributed by atoms with Crippen LogP contribution in [0, 0.1) is 26.2 Å². The first-order valence-electron chi connectivity index (χ1n) is 7.87. The van der Waals surface area contributed by atoms with Crippen molar-refractivity contribution in [3.63, 3.8) is 0 Å². The molecule has 5 nitrogen and oxygen atoms in total. The van der Waals surface area contributed by atoms with Crippen molar-refractivity contribution in [2.24, 2.45) is 5.41 Å². The van der Waals surface area contributed by atoms with Crippen LogP contribution in [0.4, 0.5) is 5.69 Å². The van der Waals surface area contributed by atoms with Gasteiger partial charge in [0.2, 0.25) is 0 Å². The molecule has 0 aliphatic heterocycles. The van der Waals surface area contributed by atoms with Gasteiger partial charge in [-0.25, -0.2) is 0 Å². The molecule has 0 aliphatic rings. The van der Waals surface area contributed by atoms with E-state index in [1.807, 2.05) is 46.8 Å². The number of aliphatic hydroxyl groups excluding tert-OH is 1. The zero-order valence-corrected chi connectivity index (χ0v) is 14.9. The maximum Gasteiger partial charge on any atom is 0.313 e. The lowest BCUT2D eigenvalue weighted by Crippen LogP contribution is -2.41. The van der Waals surface area contributed by atoms with Gasteiger partial charge in [-0.2, -0.15) is 0 Å². The van der Waals surface area contributed by atoms with Crippen molar-refractivity contribution in [2.75, 3.05) is 11.9 Å². The molecule has 2 amide bonds. The minimum absolute atomic E-state index is 0.278. The van der Waals surface area contributed by atoms with Gasteiger partial charge in [0.05, 0.1) is 6.10 Å². The second kappa shape index (κ2) is 7.59. The molecule has 5 heteroatoms. The lowest BCUT2D eigenvalue weighted by Gasteiger charge is -2.26. The molecule has 0 bridgehead atoms. The van der Waals surface area contributed by atoms with Crippen LogP contribution in [0.2, 0.25) is 0 Å². The first-order valence-corrected chi connectivity index (χ1v) is 7.87. The summed E-state index contributed by atoms with van der Waals surface area (Å²) >= 11 is 0. The fourth-order valence-corrected chi connectivity index (χ4v) is 2.82. The third kappa shape index (κ3) is 6.02. The molecular weight excluding hydrogens is 292 g/mol. The van der Waals surface area contributed by atoms with Gasteiger partial charge in [-0.05, 0) is 50.7 Å². The molecule has 1 aromatic carbocycles. The fraction of sp³-hybridized carbons (Fsp3) is 0.556. The number of hydrogen-bond acceptors (Lipinski definition) is 3. The number of rotatable bonds is 5. The van der Waals surface area contributed by atoms with Gasteiger partial charge in [0.1, 0.15) is 0 Å². The fourth-order valence-electron chi connectivity index (χ4n) is 2.82. The molecule has 1 rings (SSSR count). The van der Waals surface area contributed by atoms with Gasteiger partial charge in [-0.1, -0.05) is 31.5 Å². The van der Waals surface area contributed by atoms with Gasteiger partial charge in [0.15, 0.2) is 0 Å². The Morgan fingerprint density at radius 1 is 1.13 bits per heavy atom. The molecule has 0 saturated heterocycles. The van der Waals surface area contributed by atoms with E-state index in [4.69, 9.17) is 0 Å². The van der Waals surface area contributed by atoms with Crippen molar-refractivity contribution in [2.45, 2.75) is 54.1 Å². The molecule has 0 aliphatic carbocycles. The molecule has 0 fully saturated rings. The Kier molecular flexibility index (Phi) is 6.33. The summed E-state index contributed by atoms with van der Waals surface area (Å²) in [5.74, 6) is -1.34. The summed E-state index contributed by atoms with van der Waals surface area (Å²) in [7, 11) is 0. The Bertz CT molecular complexity index is 569. The normalized spacial score (nSPS) is 12.7. The van der Waals surface area contributed by atoms with E-state index in [-0.39, 0.29) is 5.41 Å². The molecule has 1 atom stereocenters. The van der Waals surface area contributed by atoms with Gasteiger partial charge in [0.25, 0.3) is 0 Å². The third-order valence-electron chi connectivity index (χ3n) is 3.70. The standard InChI is InChI=1S/C18H28N2O3/c1-11-7-12(2)15(13(3)8-11)20-17(23)16(22)19-10-18(5,6)9-14(4)21/h7-8,14,21H,9-10H2,1-6H3,(H,19,22)(H,20,23). The average molecular weight is 320 g/mol. The molecule has 1 aromatic rings. The van der Waals surface area contributed by atoms with Gasteiger partial charge < -0.3 is 15.7 Å². The van der Waals surface area contributed by atoms with Crippen LogP contribution in [0.1, 0.15) is 43.9 Å². The highest BCUT2D eigenvalue weighted by Crippen LogP contribution is 2.22. The summed E-state index contributed by atoms with van der Waals surface area (Å²) in [6, 6.07) is 3.93. The van der Waals surface area contributed by atoms with Crippen LogP contribution in [0.25, 0.3) is 0 Å². The molecule has 1 unspecified atom stereocenters. The molecule has 0 heterocycles. The summed E-state index contributed by atoms with van der Waals surface area (Å²) < 4.78 is 0. The Labute approximate surface area is 138 Å². The highest BCUT2D eigenvalue weighted by Gasteiger charge is 2.23. The van der Waals surface area contributed by atoms with E-state index in [1.165, 1.54) is 0 Å². The van der Waals surface area contributed by atoms with Gasteiger partial charge >= 0.3 is 11.8 Å². The second-order valence-corrected chi connectivity index (χ2v) is 7.13. The van der Waals surface area contributed by atoms with Gasteiger partial charge in [-0.15, -0.1) is 0 Å². The molecule has 3 N–H and O–H groups in total. The number of hydrogen-bond donors (Lipinski definition) is 3. The summed E-state index contributed by atoms with van der Waals surface area (Å²) in [6.45, 7) is 11.7. The molecule has 0 saturated carbocycles. The Balaban J connectivity index is 2.67. The largest absolute Gasteiger partial charge is 0.393 e. The van der Waals surface area contributed by atoms with E-state index in [9.17, 15) is 14.7 Å². The molecule has 0 aromatic heterocycles. The van der Waals surface area contributed by atoms with E-state index in [0.717, 1.165) is 16.7 Å². The molecule has 0 radical (unpaired) electrons. The zero-order chi connectivity index (χ0) is 17.8. The monoisotopic (exact) mass is 320 g/mol. The smallest absolute Gasteiger partial charge is 0.313 e. The van der Waals surface area contributed by atoms with E-state index >= 15 is 0 Å². The van der Waals surface area contributed by atoms with Crippen molar-refractivity contribution >= 4 is 17.5 Å². The number of amides is 2. The molecular formula is C18H28N2O3. The van der Waals surface area contributed by atoms with Crippen molar-refractivity contribution in [1.29, 1.82) is 0 Å². The van der Waals surface area contributed by atoms with Crippen molar-refractivity contribution < 1.29 is 14.7 Å². The van der Waals surface area contributed by atoms with Crippen LogP contribution in [0.3, 0.4) is 0 Å². The first-order chi connectivity index (χ1) is 10.5. The van der Waals surface area contributed by atoms with Crippen molar-refractivity contribution in [3.05, 3.63) is 28.8 Å². The van der Waals surface area contributed by atoms with Gasteiger partial charge in [-0.3, -0.25) is 9.59 Å². The number of carbonyl (C=O) groups excluding carboxylic acids is 2. The number of nitrogens with one attached hydrogen (secondary N) is 2. The van der Waals surface area contributed by atoms with Crippen LogP contribution in [0.15, 0.2) is 12.1 Å². The van der Waals surface area contributed by atoms with E-state index in [2.05, 4.69) is 10.6 Å². The van der Waals surface area contributed by atoms with Crippen molar-refractivity contribution in [3.8, 4) is 0 Å². The maximum atomic E-state index is 12.1. The number of benzene rings is 1. The Morgan fingerprint density at radius 2 is 1.65 bits per heavy atom. The van der Waals surface area contributed by atoms with E-state index < -0.39 is 17.9 Å². The maximum absolute atomic E-state index is 12.1. The topological polar surface area (TPSA) is 78.4 Å². The summed E-state index contributed by atoms with van der Waals surface area (Å²) in [5, 5.41) is 14.8. The van der Waals surface area contributed by atoms with Crippen LogP contribution in [0.5, 0.6) is 0 Å². The predicted molar refractivity (Wildman–Crippen MR) is 92.4 cm³/mol. The Morgan fingerprint density at radius 3 is 2.13 bits per heavy atom. The van der Waals surface area contributed by atoms with E-state index in [0.29, 0.717) is 18.7 Å². The SMILES string of the molecule is Cc1cc(C)c(NC(=O)C(=O)NCC(C)(C)CC(C)O)c(C)c1.